The zero-order chi connectivity index (χ0) is 19.9. The van der Waals surface area contributed by atoms with Gasteiger partial charge in [-0.05, 0) is 53.9 Å². The summed E-state index contributed by atoms with van der Waals surface area (Å²) in [6.45, 7) is 12.5. The van der Waals surface area contributed by atoms with Gasteiger partial charge in [0, 0.05) is 30.7 Å². The summed E-state index contributed by atoms with van der Waals surface area (Å²) in [4.78, 5) is 24.5. The standard InChI is InChI=1S/C19H33N5O2S/c1-6-20-17(23-13-16-21-11-14(2)27-16)22-12-15-9-7-8-10-24(15)18(25)26-19(3,4)5/h11,15H,6-10,12-13H2,1-5H3,(H2,20,22,23). The van der Waals surface area contributed by atoms with E-state index in [1.807, 2.05) is 45.7 Å². The quantitative estimate of drug-likeness (QED) is 0.591. The van der Waals surface area contributed by atoms with Crippen LogP contribution in [0.2, 0.25) is 0 Å². The van der Waals surface area contributed by atoms with Crippen molar-refractivity contribution in [1.29, 1.82) is 0 Å². The molecule has 27 heavy (non-hydrogen) atoms. The highest BCUT2D eigenvalue weighted by Crippen LogP contribution is 2.20. The molecule has 1 aromatic heterocycles. The first-order valence-corrected chi connectivity index (χ1v) is 10.5. The molecule has 2 N–H and O–H groups in total. The van der Waals surface area contributed by atoms with Crippen LogP contribution in [0.25, 0.3) is 0 Å². The van der Waals surface area contributed by atoms with E-state index in [2.05, 4.69) is 20.6 Å². The fraction of sp³-hybridized carbons (Fsp3) is 0.737. The van der Waals surface area contributed by atoms with Crippen LogP contribution < -0.4 is 10.6 Å². The molecular formula is C19H33N5O2S. The Morgan fingerprint density at radius 3 is 2.81 bits per heavy atom. The number of guanidine groups is 1. The van der Waals surface area contributed by atoms with Crippen LogP contribution >= 0.6 is 11.3 Å². The van der Waals surface area contributed by atoms with E-state index < -0.39 is 5.60 Å². The van der Waals surface area contributed by atoms with Crippen molar-refractivity contribution in [3.63, 3.8) is 0 Å². The van der Waals surface area contributed by atoms with Gasteiger partial charge in [0.15, 0.2) is 5.96 Å². The summed E-state index contributed by atoms with van der Waals surface area (Å²) >= 11 is 1.66. The Balaban J connectivity index is 1.95. The second-order valence-corrected chi connectivity index (χ2v) is 9.08. The first-order valence-electron chi connectivity index (χ1n) is 9.71. The Morgan fingerprint density at radius 2 is 2.19 bits per heavy atom. The van der Waals surface area contributed by atoms with Crippen LogP contribution in [-0.2, 0) is 11.3 Å². The van der Waals surface area contributed by atoms with E-state index in [0.29, 0.717) is 13.1 Å². The van der Waals surface area contributed by atoms with Crippen molar-refractivity contribution in [3.05, 3.63) is 16.1 Å². The van der Waals surface area contributed by atoms with Crippen molar-refractivity contribution in [2.75, 3.05) is 19.6 Å². The predicted octanol–water partition coefficient (Wildman–Crippen LogP) is 3.30. The zero-order valence-electron chi connectivity index (χ0n) is 17.2. The maximum atomic E-state index is 12.5. The summed E-state index contributed by atoms with van der Waals surface area (Å²) in [6.07, 6.45) is 4.76. The number of hydrogen-bond donors (Lipinski definition) is 2. The van der Waals surface area contributed by atoms with Gasteiger partial charge in [-0.1, -0.05) is 0 Å². The number of carbonyl (C=O) groups is 1. The smallest absolute Gasteiger partial charge is 0.410 e. The molecule has 0 saturated carbocycles. The van der Waals surface area contributed by atoms with Crippen LogP contribution in [0.3, 0.4) is 0 Å². The maximum absolute atomic E-state index is 12.5. The largest absolute Gasteiger partial charge is 0.444 e. The Labute approximate surface area is 166 Å². The minimum absolute atomic E-state index is 0.111. The molecule has 8 heteroatoms. The average Bonchev–Trinajstić information content (AvgIpc) is 3.01. The van der Waals surface area contributed by atoms with E-state index >= 15 is 0 Å². The van der Waals surface area contributed by atoms with Crippen LogP contribution in [0, 0.1) is 6.92 Å². The number of amides is 1. The van der Waals surface area contributed by atoms with Crippen LogP contribution in [0.15, 0.2) is 11.2 Å². The summed E-state index contributed by atoms with van der Waals surface area (Å²) in [7, 11) is 0. The monoisotopic (exact) mass is 395 g/mol. The zero-order valence-corrected chi connectivity index (χ0v) is 18.0. The molecule has 1 amide bonds. The highest BCUT2D eigenvalue weighted by atomic mass is 32.1. The van der Waals surface area contributed by atoms with Gasteiger partial charge in [0.2, 0.25) is 0 Å². The number of hydrogen-bond acceptors (Lipinski definition) is 5. The molecule has 1 aromatic rings. The highest BCUT2D eigenvalue weighted by Gasteiger charge is 2.30. The number of aryl methyl sites for hydroxylation is 1. The maximum Gasteiger partial charge on any atom is 0.410 e. The number of ether oxygens (including phenoxy) is 1. The fourth-order valence-corrected chi connectivity index (χ4v) is 3.66. The van der Waals surface area contributed by atoms with Crippen molar-refractivity contribution in [3.8, 4) is 0 Å². The molecule has 0 aliphatic carbocycles. The Bertz CT molecular complexity index is 638. The number of aliphatic imine (C=N–C) groups is 1. The number of rotatable bonds is 5. The van der Waals surface area contributed by atoms with E-state index in [0.717, 1.165) is 43.3 Å². The summed E-state index contributed by atoms with van der Waals surface area (Å²) < 4.78 is 5.58. The Morgan fingerprint density at radius 1 is 1.41 bits per heavy atom. The summed E-state index contributed by atoms with van der Waals surface area (Å²) in [5, 5.41) is 7.64. The second-order valence-electron chi connectivity index (χ2n) is 7.76. The van der Waals surface area contributed by atoms with Crippen LogP contribution in [0.1, 0.15) is 56.8 Å². The number of carbonyl (C=O) groups excluding carboxylic acids is 1. The van der Waals surface area contributed by atoms with Crippen molar-refractivity contribution in [2.24, 2.45) is 4.99 Å². The van der Waals surface area contributed by atoms with E-state index in [9.17, 15) is 4.79 Å². The lowest BCUT2D eigenvalue weighted by molar-refractivity contribution is 0.0104. The average molecular weight is 396 g/mol. The first-order chi connectivity index (χ1) is 12.8. The second kappa shape index (κ2) is 9.92. The minimum atomic E-state index is -0.477. The summed E-state index contributed by atoms with van der Waals surface area (Å²) in [6, 6.07) is 0.111. The van der Waals surface area contributed by atoms with Gasteiger partial charge in [-0.25, -0.2) is 14.8 Å². The van der Waals surface area contributed by atoms with E-state index in [1.165, 1.54) is 4.88 Å². The van der Waals surface area contributed by atoms with Crippen molar-refractivity contribution in [2.45, 2.75) is 72.1 Å². The van der Waals surface area contributed by atoms with Gasteiger partial charge in [-0.3, -0.25) is 0 Å². The molecule has 0 aromatic carbocycles. The minimum Gasteiger partial charge on any atom is -0.444 e. The third-order valence-corrected chi connectivity index (χ3v) is 5.04. The van der Waals surface area contributed by atoms with Gasteiger partial charge < -0.3 is 20.3 Å². The molecule has 1 unspecified atom stereocenters. The number of likely N-dealkylation sites (tertiary alicyclic amines) is 1. The van der Waals surface area contributed by atoms with Crippen molar-refractivity contribution >= 4 is 23.4 Å². The van der Waals surface area contributed by atoms with Gasteiger partial charge in [0.25, 0.3) is 0 Å². The first kappa shape index (κ1) is 21.5. The summed E-state index contributed by atoms with van der Waals surface area (Å²) in [5.41, 5.74) is -0.477. The molecule has 2 heterocycles. The van der Waals surface area contributed by atoms with Gasteiger partial charge in [0.1, 0.15) is 10.6 Å². The molecule has 0 spiro atoms. The van der Waals surface area contributed by atoms with Crippen molar-refractivity contribution < 1.29 is 9.53 Å². The molecule has 0 bridgehead atoms. The number of nitrogens with zero attached hydrogens (tertiary/aromatic N) is 3. The number of thiazole rings is 1. The Hall–Kier alpha value is -1.83. The molecule has 1 fully saturated rings. The SMILES string of the molecule is CCNC(=NCc1ncc(C)s1)NCC1CCCCN1C(=O)OC(C)(C)C. The topological polar surface area (TPSA) is 78.9 Å². The molecule has 2 rings (SSSR count). The molecule has 7 nitrogen and oxygen atoms in total. The predicted molar refractivity (Wildman–Crippen MR) is 110 cm³/mol. The van der Waals surface area contributed by atoms with Crippen LogP contribution in [0.4, 0.5) is 4.79 Å². The third kappa shape index (κ3) is 7.36. The molecule has 1 saturated heterocycles. The highest BCUT2D eigenvalue weighted by molar-refractivity contribution is 7.11. The fourth-order valence-electron chi connectivity index (χ4n) is 2.95. The van der Waals surface area contributed by atoms with Crippen LogP contribution in [0.5, 0.6) is 0 Å². The summed E-state index contributed by atoms with van der Waals surface area (Å²) in [5.74, 6) is 0.750. The molecule has 152 valence electrons. The lowest BCUT2D eigenvalue weighted by Crippen LogP contribution is -2.52. The molecular weight excluding hydrogens is 362 g/mol. The van der Waals surface area contributed by atoms with Gasteiger partial charge in [-0.2, -0.15) is 0 Å². The lowest BCUT2D eigenvalue weighted by atomic mass is 10.0. The van der Waals surface area contributed by atoms with Gasteiger partial charge in [0.05, 0.1) is 12.6 Å². The van der Waals surface area contributed by atoms with E-state index in [-0.39, 0.29) is 12.1 Å². The normalized spacial score (nSPS) is 18.3. The van der Waals surface area contributed by atoms with Gasteiger partial charge >= 0.3 is 6.09 Å². The molecule has 1 atom stereocenters. The number of aromatic nitrogens is 1. The Kier molecular flexibility index (Phi) is 7.89. The number of nitrogens with one attached hydrogen (secondary N) is 2. The third-order valence-electron chi connectivity index (χ3n) is 4.15. The van der Waals surface area contributed by atoms with E-state index in [4.69, 9.17) is 4.74 Å². The van der Waals surface area contributed by atoms with Crippen LogP contribution in [-0.4, -0.2) is 53.2 Å². The van der Waals surface area contributed by atoms with E-state index in [1.54, 1.807) is 11.3 Å². The molecule has 1 aliphatic rings. The lowest BCUT2D eigenvalue weighted by Gasteiger charge is -2.37. The van der Waals surface area contributed by atoms with Crippen molar-refractivity contribution in [1.82, 2.24) is 20.5 Å². The number of piperidine rings is 1. The van der Waals surface area contributed by atoms with Gasteiger partial charge in [-0.15, -0.1) is 11.3 Å². The molecule has 1 aliphatic heterocycles. The molecule has 0 radical (unpaired) electrons.